The van der Waals surface area contributed by atoms with Crippen LogP contribution in [0.4, 0.5) is 5.69 Å². The van der Waals surface area contributed by atoms with Crippen LogP contribution < -0.4 is 10.1 Å². The smallest absolute Gasteiger partial charge is 0.355 e. The quantitative estimate of drug-likeness (QED) is 0.557. The van der Waals surface area contributed by atoms with Gasteiger partial charge in [-0.15, -0.1) is 0 Å². The van der Waals surface area contributed by atoms with Gasteiger partial charge < -0.3 is 24.5 Å². The summed E-state index contributed by atoms with van der Waals surface area (Å²) in [4.78, 5) is 39.2. The summed E-state index contributed by atoms with van der Waals surface area (Å²) in [5.74, 6) is -0.594. The first kappa shape index (κ1) is 21.6. The highest BCUT2D eigenvalue weighted by Gasteiger charge is 2.23. The highest BCUT2D eigenvalue weighted by atomic mass is 16.5. The molecule has 1 amide bonds. The van der Waals surface area contributed by atoms with Crippen molar-refractivity contribution in [3.63, 3.8) is 0 Å². The Labute approximate surface area is 179 Å². The van der Waals surface area contributed by atoms with Crippen molar-refractivity contribution in [2.45, 2.75) is 13.8 Å². The van der Waals surface area contributed by atoms with Gasteiger partial charge in [0, 0.05) is 17.4 Å². The molecule has 0 fully saturated rings. The molecule has 160 valence electrons. The van der Waals surface area contributed by atoms with Crippen LogP contribution in [0.15, 0.2) is 54.6 Å². The van der Waals surface area contributed by atoms with Crippen LogP contribution >= 0.6 is 0 Å². The van der Waals surface area contributed by atoms with Crippen molar-refractivity contribution in [3.8, 4) is 11.5 Å². The second-order valence-electron chi connectivity index (χ2n) is 6.68. The van der Waals surface area contributed by atoms with Gasteiger partial charge >= 0.3 is 11.9 Å². The third kappa shape index (κ3) is 5.30. The molecule has 0 aliphatic carbocycles. The van der Waals surface area contributed by atoms with Gasteiger partial charge in [0.15, 0.2) is 6.61 Å². The third-order valence-electron chi connectivity index (χ3n) is 4.46. The van der Waals surface area contributed by atoms with Crippen LogP contribution in [0.2, 0.25) is 0 Å². The second kappa shape index (κ2) is 9.62. The maximum atomic E-state index is 12.4. The molecule has 1 aromatic heterocycles. The number of hydrogen-bond donors (Lipinski definition) is 2. The van der Waals surface area contributed by atoms with E-state index in [-0.39, 0.29) is 11.3 Å². The molecule has 0 aliphatic heterocycles. The number of aryl methyl sites for hydroxylation is 1. The number of ether oxygens (including phenoxy) is 3. The zero-order chi connectivity index (χ0) is 22.4. The second-order valence-corrected chi connectivity index (χ2v) is 6.68. The minimum Gasteiger partial charge on any atom is -0.465 e. The van der Waals surface area contributed by atoms with Crippen molar-refractivity contribution in [1.29, 1.82) is 0 Å². The topological polar surface area (TPSA) is 107 Å². The molecule has 3 rings (SSSR count). The van der Waals surface area contributed by atoms with Gasteiger partial charge in [-0.25, -0.2) is 9.59 Å². The van der Waals surface area contributed by atoms with Crippen LogP contribution in [0.3, 0.4) is 0 Å². The van der Waals surface area contributed by atoms with Crippen LogP contribution in [0, 0.1) is 13.8 Å². The molecule has 8 nitrogen and oxygen atoms in total. The van der Waals surface area contributed by atoms with Crippen molar-refractivity contribution in [3.05, 3.63) is 77.1 Å². The summed E-state index contributed by atoms with van der Waals surface area (Å²) in [7, 11) is 1.26. The molecule has 31 heavy (non-hydrogen) atoms. The predicted molar refractivity (Wildman–Crippen MR) is 113 cm³/mol. The standard InChI is InChI=1S/C23H22N2O6/c1-14-20(22(27)29-3)15(2)24-21(14)23(28)30-13-19(26)25-16-8-7-11-18(12-16)31-17-9-5-4-6-10-17/h4-12,24H,13H2,1-3H3,(H,25,26). The molecule has 3 aromatic rings. The van der Waals surface area contributed by atoms with E-state index in [0.29, 0.717) is 28.4 Å². The monoisotopic (exact) mass is 422 g/mol. The molecular formula is C23H22N2O6. The van der Waals surface area contributed by atoms with Gasteiger partial charge in [0.05, 0.1) is 12.7 Å². The summed E-state index contributed by atoms with van der Waals surface area (Å²) in [6.45, 7) is 2.76. The Morgan fingerprint density at radius 1 is 0.935 bits per heavy atom. The average Bonchev–Trinajstić information content (AvgIpc) is 3.06. The van der Waals surface area contributed by atoms with Gasteiger partial charge in [-0.05, 0) is 43.7 Å². The Hall–Kier alpha value is -4.07. The number of esters is 2. The fraction of sp³-hybridized carbons (Fsp3) is 0.174. The molecule has 0 radical (unpaired) electrons. The van der Waals surface area contributed by atoms with Gasteiger partial charge in [-0.2, -0.15) is 0 Å². The highest BCUT2D eigenvalue weighted by molar-refractivity contribution is 5.99. The van der Waals surface area contributed by atoms with Crippen LogP contribution in [-0.4, -0.2) is 36.5 Å². The van der Waals surface area contributed by atoms with E-state index in [4.69, 9.17) is 14.2 Å². The molecule has 0 spiro atoms. The van der Waals surface area contributed by atoms with E-state index in [9.17, 15) is 14.4 Å². The number of methoxy groups -OCH3 is 1. The number of aromatic amines is 1. The molecule has 0 bridgehead atoms. The van der Waals surface area contributed by atoms with E-state index in [1.807, 2.05) is 30.3 Å². The number of para-hydroxylation sites is 1. The van der Waals surface area contributed by atoms with Gasteiger partial charge in [0.1, 0.15) is 17.2 Å². The summed E-state index contributed by atoms with van der Waals surface area (Å²) >= 11 is 0. The van der Waals surface area contributed by atoms with Crippen molar-refractivity contribution in [2.24, 2.45) is 0 Å². The molecule has 8 heteroatoms. The van der Waals surface area contributed by atoms with Gasteiger partial charge in [0.2, 0.25) is 0 Å². The Balaban J connectivity index is 1.59. The lowest BCUT2D eigenvalue weighted by atomic mass is 10.1. The maximum absolute atomic E-state index is 12.4. The maximum Gasteiger partial charge on any atom is 0.355 e. The molecule has 0 saturated carbocycles. The van der Waals surface area contributed by atoms with Crippen LogP contribution in [-0.2, 0) is 14.3 Å². The van der Waals surface area contributed by atoms with Crippen molar-refractivity contribution in [2.75, 3.05) is 19.0 Å². The molecule has 2 aromatic carbocycles. The van der Waals surface area contributed by atoms with E-state index in [1.165, 1.54) is 7.11 Å². The van der Waals surface area contributed by atoms with Crippen LogP contribution in [0.1, 0.15) is 32.1 Å². The van der Waals surface area contributed by atoms with Gasteiger partial charge in [-0.3, -0.25) is 4.79 Å². The Kier molecular flexibility index (Phi) is 6.71. The van der Waals surface area contributed by atoms with E-state index in [1.54, 1.807) is 38.1 Å². The number of carbonyl (C=O) groups excluding carboxylic acids is 3. The highest BCUT2D eigenvalue weighted by Crippen LogP contribution is 2.24. The van der Waals surface area contributed by atoms with E-state index in [0.717, 1.165) is 0 Å². The fourth-order valence-corrected chi connectivity index (χ4v) is 3.02. The predicted octanol–water partition coefficient (Wildman–Crippen LogP) is 4.01. The van der Waals surface area contributed by atoms with Crippen LogP contribution in [0.5, 0.6) is 11.5 Å². The van der Waals surface area contributed by atoms with Crippen molar-refractivity contribution >= 4 is 23.5 Å². The molecule has 0 saturated heterocycles. The number of hydrogen-bond acceptors (Lipinski definition) is 6. The number of anilines is 1. The third-order valence-corrected chi connectivity index (χ3v) is 4.46. The van der Waals surface area contributed by atoms with Gasteiger partial charge in [-0.1, -0.05) is 24.3 Å². The first-order chi connectivity index (χ1) is 14.9. The molecule has 0 aliphatic rings. The zero-order valence-electron chi connectivity index (χ0n) is 17.4. The summed E-state index contributed by atoms with van der Waals surface area (Å²) in [6.07, 6.45) is 0. The SMILES string of the molecule is COC(=O)c1c(C)[nH]c(C(=O)OCC(=O)Nc2cccc(Oc3ccccc3)c2)c1C. The Morgan fingerprint density at radius 2 is 1.65 bits per heavy atom. The van der Waals surface area contributed by atoms with Crippen LogP contribution in [0.25, 0.3) is 0 Å². The lowest BCUT2D eigenvalue weighted by Gasteiger charge is -2.09. The number of amides is 1. The summed E-state index contributed by atoms with van der Waals surface area (Å²) < 4.78 is 15.5. The minimum atomic E-state index is -0.743. The summed E-state index contributed by atoms with van der Waals surface area (Å²) in [5, 5.41) is 2.65. The van der Waals surface area contributed by atoms with E-state index in [2.05, 4.69) is 10.3 Å². The Bertz CT molecular complexity index is 1100. The van der Waals surface area contributed by atoms with Crippen molar-refractivity contribution in [1.82, 2.24) is 4.98 Å². The lowest BCUT2D eigenvalue weighted by molar-refractivity contribution is -0.119. The lowest BCUT2D eigenvalue weighted by Crippen LogP contribution is -2.21. The number of aromatic nitrogens is 1. The molecule has 0 unspecified atom stereocenters. The molecule has 0 atom stereocenters. The van der Waals surface area contributed by atoms with Gasteiger partial charge in [0.25, 0.3) is 5.91 Å². The van der Waals surface area contributed by atoms with E-state index < -0.39 is 24.5 Å². The first-order valence-electron chi connectivity index (χ1n) is 9.46. The minimum absolute atomic E-state index is 0.101. The average molecular weight is 422 g/mol. The molecule has 2 N–H and O–H groups in total. The number of rotatable bonds is 7. The largest absolute Gasteiger partial charge is 0.465 e. The molecule has 1 heterocycles. The first-order valence-corrected chi connectivity index (χ1v) is 9.46. The number of benzene rings is 2. The van der Waals surface area contributed by atoms with E-state index >= 15 is 0 Å². The normalized spacial score (nSPS) is 10.3. The summed E-state index contributed by atoms with van der Waals surface area (Å²) in [5.41, 5.74) is 1.75. The Morgan fingerprint density at radius 3 is 2.35 bits per heavy atom. The number of carbonyl (C=O) groups is 3. The van der Waals surface area contributed by atoms with Crippen molar-refractivity contribution < 1.29 is 28.6 Å². The molecular weight excluding hydrogens is 400 g/mol. The number of nitrogens with one attached hydrogen (secondary N) is 2. The fourth-order valence-electron chi connectivity index (χ4n) is 3.02. The zero-order valence-corrected chi connectivity index (χ0v) is 17.4. The number of H-pyrrole nitrogens is 1. The summed E-state index contributed by atoms with van der Waals surface area (Å²) in [6, 6.07) is 16.1.